The maximum absolute atomic E-state index is 12.1. The molecule has 0 aliphatic heterocycles. The molecule has 0 bridgehead atoms. The Hall–Kier alpha value is -1.71. The van der Waals surface area contributed by atoms with Gasteiger partial charge in [-0.15, -0.1) is 0 Å². The van der Waals surface area contributed by atoms with Gasteiger partial charge in [-0.2, -0.15) is 0 Å². The number of hydrogen-bond acceptors (Lipinski definition) is 3. The molecule has 0 heterocycles. The molecule has 17 heavy (non-hydrogen) atoms. The summed E-state index contributed by atoms with van der Waals surface area (Å²) in [6, 6.07) is 4.04. The lowest BCUT2D eigenvalue weighted by molar-refractivity contribution is 0.0752. The Morgan fingerprint density at radius 1 is 1.18 bits per heavy atom. The number of hydrogen-bond donors (Lipinski definition) is 2. The molecule has 4 nitrogen and oxygen atoms in total. The largest absolute Gasteiger partial charge is 0.508 e. The number of benzene rings is 1. The van der Waals surface area contributed by atoms with Crippen molar-refractivity contribution in [3.8, 4) is 11.5 Å². The number of aromatic hydroxyl groups is 2. The summed E-state index contributed by atoms with van der Waals surface area (Å²) in [5, 5.41) is 18.8. The van der Waals surface area contributed by atoms with Crippen LogP contribution in [-0.2, 0) is 0 Å². The quantitative estimate of drug-likeness (QED) is 0.826. The van der Waals surface area contributed by atoms with E-state index < -0.39 is 0 Å². The first-order valence-corrected chi connectivity index (χ1v) is 5.91. The van der Waals surface area contributed by atoms with Crippen LogP contribution in [-0.4, -0.2) is 34.1 Å². The standard InChI is InChI=1S/C13H19NO3/c1-3-7-14(8-4-2)13(17)11-6-5-10(15)9-12(11)16/h5-6,9,15-16H,3-4,7-8H2,1-2H3. The van der Waals surface area contributed by atoms with Crippen LogP contribution in [0.4, 0.5) is 0 Å². The van der Waals surface area contributed by atoms with Gasteiger partial charge in [0.1, 0.15) is 11.5 Å². The Bertz CT molecular complexity index is 384. The van der Waals surface area contributed by atoms with Crippen LogP contribution in [0.2, 0.25) is 0 Å². The zero-order valence-corrected chi connectivity index (χ0v) is 10.3. The van der Waals surface area contributed by atoms with E-state index in [0.717, 1.165) is 12.8 Å². The number of phenols is 2. The first-order chi connectivity index (χ1) is 8.10. The topological polar surface area (TPSA) is 60.8 Å². The smallest absolute Gasteiger partial charge is 0.257 e. The Morgan fingerprint density at radius 3 is 2.24 bits per heavy atom. The van der Waals surface area contributed by atoms with Crippen LogP contribution in [0.25, 0.3) is 0 Å². The second-order valence-electron chi connectivity index (χ2n) is 3.99. The monoisotopic (exact) mass is 237 g/mol. The van der Waals surface area contributed by atoms with Gasteiger partial charge in [0, 0.05) is 19.2 Å². The summed E-state index contributed by atoms with van der Waals surface area (Å²) < 4.78 is 0. The molecule has 1 aromatic rings. The first kappa shape index (κ1) is 13.4. The fourth-order valence-corrected chi connectivity index (χ4v) is 1.73. The van der Waals surface area contributed by atoms with Gasteiger partial charge in [0.05, 0.1) is 5.56 Å². The zero-order valence-electron chi connectivity index (χ0n) is 10.3. The third kappa shape index (κ3) is 3.37. The van der Waals surface area contributed by atoms with Crippen LogP contribution < -0.4 is 0 Å². The molecular weight excluding hydrogens is 218 g/mol. The maximum Gasteiger partial charge on any atom is 0.257 e. The van der Waals surface area contributed by atoms with Gasteiger partial charge in [-0.25, -0.2) is 0 Å². The summed E-state index contributed by atoms with van der Waals surface area (Å²) in [6.45, 7) is 5.36. The maximum atomic E-state index is 12.1. The molecule has 4 heteroatoms. The Kier molecular flexibility index (Phi) is 4.82. The lowest BCUT2D eigenvalue weighted by atomic mass is 10.1. The second-order valence-corrected chi connectivity index (χ2v) is 3.99. The molecule has 0 radical (unpaired) electrons. The van der Waals surface area contributed by atoms with E-state index in [0.29, 0.717) is 13.1 Å². The summed E-state index contributed by atoms with van der Waals surface area (Å²) >= 11 is 0. The molecule has 0 unspecified atom stereocenters. The minimum absolute atomic E-state index is 0.0448. The second kappa shape index (κ2) is 6.13. The van der Waals surface area contributed by atoms with Crippen molar-refractivity contribution in [1.29, 1.82) is 0 Å². The van der Waals surface area contributed by atoms with Crippen molar-refractivity contribution in [2.24, 2.45) is 0 Å². The zero-order chi connectivity index (χ0) is 12.8. The van der Waals surface area contributed by atoms with Crippen LogP contribution in [0.15, 0.2) is 18.2 Å². The van der Waals surface area contributed by atoms with Crippen LogP contribution in [0.5, 0.6) is 11.5 Å². The fraction of sp³-hybridized carbons (Fsp3) is 0.462. The van der Waals surface area contributed by atoms with E-state index in [-0.39, 0.29) is 23.0 Å². The van der Waals surface area contributed by atoms with Crippen LogP contribution in [0.3, 0.4) is 0 Å². The molecule has 0 aliphatic rings. The Balaban J connectivity index is 2.92. The van der Waals surface area contributed by atoms with Gasteiger partial charge in [-0.05, 0) is 25.0 Å². The fourth-order valence-electron chi connectivity index (χ4n) is 1.73. The first-order valence-electron chi connectivity index (χ1n) is 5.91. The van der Waals surface area contributed by atoms with E-state index in [1.165, 1.54) is 18.2 Å². The SMILES string of the molecule is CCCN(CCC)C(=O)c1ccc(O)cc1O. The number of amides is 1. The molecule has 1 rings (SSSR count). The summed E-state index contributed by atoms with van der Waals surface area (Å²) in [6.07, 6.45) is 1.76. The van der Waals surface area contributed by atoms with Crippen molar-refractivity contribution in [2.45, 2.75) is 26.7 Å². The molecule has 0 aromatic heterocycles. The van der Waals surface area contributed by atoms with Gasteiger partial charge in [0.15, 0.2) is 0 Å². The third-order valence-electron chi connectivity index (χ3n) is 2.49. The third-order valence-corrected chi connectivity index (χ3v) is 2.49. The molecule has 0 aliphatic carbocycles. The number of phenolic OH excluding ortho intramolecular Hbond substituents is 2. The normalized spacial score (nSPS) is 10.2. The van der Waals surface area contributed by atoms with Crippen molar-refractivity contribution >= 4 is 5.91 Å². The van der Waals surface area contributed by atoms with E-state index >= 15 is 0 Å². The summed E-state index contributed by atoms with van der Waals surface area (Å²) in [5.41, 5.74) is 0.240. The molecule has 0 saturated heterocycles. The Morgan fingerprint density at radius 2 is 1.76 bits per heavy atom. The van der Waals surface area contributed by atoms with E-state index in [1.54, 1.807) is 4.90 Å². The number of carbonyl (C=O) groups is 1. The minimum Gasteiger partial charge on any atom is -0.508 e. The highest BCUT2D eigenvalue weighted by atomic mass is 16.3. The molecule has 0 spiro atoms. The number of rotatable bonds is 5. The van der Waals surface area contributed by atoms with Crippen molar-refractivity contribution in [3.63, 3.8) is 0 Å². The highest BCUT2D eigenvalue weighted by Gasteiger charge is 2.17. The van der Waals surface area contributed by atoms with Gasteiger partial charge in [-0.1, -0.05) is 13.8 Å². The highest BCUT2D eigenvalue weighted by molar-refractivity contribution is 5.97. The van der Waals surface area contributed by atoms with Crippen molar-refractivity contribution in [1.82, 2.24) is 4.90 Å². The van der Waals surface area contributed by atoms with Crippen LogP contribution in [0.1, 0.15) is 37.0 Å². The predicted molar refractivity (Wildman–Crippen MR) is 66.3 cm³/mol. The lowest BCUT2D eigenvalue weighted by Crippen LogP contribution is -2.32. The molecule has 1 aromatic carbocycles. The van der Waals surface area contributed by atoms with Gasteiger partial charge in [0.2, 0.25) is 0 Å². The molecule has 94 valence electrons. The van der Waals surface area contributed by atoms with Gasteiger partial charge in [-0.3, -0.25) is 4.79 Å². The van der Waals surface area contributed by atoms with Gasteiger partial charge in [0.25, 0.3) is 5.91 Å². The van der Waals surface area contributed by atoms with E-state index in [2.05, 4.69) is 0 Å². The van der Waals surface area contributed by atoms with E-state index in [1.807, 2.05) is 13.8 Å². The van der Waals surface area contributed by atoms with Crippen LogP contribution in [0, 0.1) is 0 Å². The predicted octanol–water partition coefficient (Wildman–Crippen LogP) is 2.36. The van der Waals surface area contributed by atoms with Crippen molar-refractivity contribution in [3.05, 3.63) is 23.8 Å². The Labute approximate surface area is 101 Å². The number of carbonyl (C=O) groups excluding carboxylic acids is 1. The molecule has 0 atom stereocenters. The van der Waals surface area contributed by atoms with Gasteiger partial charge >= 0.3 is 0 Å². The van der Waals surface area contributed by atoms with Gasteiger partial charge < -0.3 is 15.1 Å². The summed E-state index contributed by atoms with van der Waals surface area (Å²) in [5.74, 6) is -0.407. The lowest BCUT2D eigenvalue weighted by Gasteiger charge is -2.21. The molecular formula is C13H19NO3. The molecule has 0 saturated carbocycles. The molecule has 0 fully saturated rings. The van der Waals surface area contributed by atoms with Crippen LogP contribution >= 0.6 is 0 Å². The molecule has 2 N–H and O–H groups in total. The van der Waals surface area contributed by atoms with Crippen molar-refractivity contribution < 1.29 is 15.0 Å². The minimum atomic E-state index is -0.189. The highest BCUT2D eigenvalue weighted by Crippen LogP contribution is 2.23. The van der Waals surface area contributed by atoms with E-state index in [9.17, 15) is 15.0 Å². The molecule has 1 amide bonds. The summed E-state index contributed by atoms with van der Waals surface area (Å²) in [7, 11) is 0. The number of nitrogens with zero attached hydrogens (tertiary/aromatic N) is 1. The summed E-state index contributed by atoms with van der Waals surface area (Å²) in [4.78, 5) is 13.9. The van der Waals surface area contributed by atoms with Crippen molar-refractivity contribution in [2.75, 3.05) is 13.1 Å². The van der Waals surface area contributed by atoms with E-state index in [4.69, 9.17) is 0 Å². The average molecular weight is 237 g/mol. The average Bonchev–Trinajstić information content (AvgIpc) is 2.28.